The van der Waals surface area contributed by atoms with Gasteiger partial charge >= 0.3 is 0 Å². The molecule has 4 aromatic rings. The lowest BCUT2D eigenvalue weighted by Gasteiger charge is -2.34. The summed E-state index contributed by atoms with van der Waals surface area (Å²) in [5.41, 5.74) is 7.30. The molecule has 0 bridgehead atoms. The maximum atomic E-state index is 5.61. The fourth-order valence-electron chi connectivity index (χ4n) is 3.82. The highest BCUT2D eigenvalue weighted by Crippen LogP contribution is 2.32. The number of nitrogens with zero attached hydrogens (tertiary/aromatic N) is 1. The maximum Gasteiger partial charge on any atom is 0.178 e. The van der Waals surface area contributed by atoms with Crippen molar-refractivity contribution in [1.82, 2.24) is 5.32 Å². The fourth-order valence-corrected chi connectivity index (χ4v) is 5.01. The molecule has 1 saturated heterocycles. The molecule has 1 aromatic heterocycles. The summed E-state index contributed by atoms with van der Waals surface area (Å²) in [6.45, 7) is 7.00. The number of fused-ring (bicyclic) bond motifs is 1. The van der Waals surface area contributed by atoms with E-state index in [1.807, 2.05) is 18.2 Å². The van der Waals surface area contributed by atoms with Crippen LogP contribution in [-0.2, 0) is 0 Å². The van der Waals surface area contributed by atoms with Gasteiger partial charge in [0.15, 0.2) is 5.11 Å². The summed E-state index contributed by atoms with van der Waals surface area (Å²) in [5, 5.41) is 7.65. The Morgan fingerprint density at radius 1 is 0.879 bits per heavy atom. The molecule has 0 amide bonds. The van der Waals surface area contributed by atoms with Gasteiger partial charge in [0.25, 0.3) is 0 Å². The number of rotatable bonds is 2. The zero-order valence-electron chi connectivity index (χ0n) is 19.2. The van der Waals surface area contributed by atoms with Crippen LogP contribution in [0.3, 0.4) is 0 Å². The van der Waals surface area contributed by atoms with E-state index in [1.54, 1.807) is 11.3 Å². The smallest absolute Gasteiger partial charge is 0.178 e. The molecule has 4 heteroatoms. The monoisotopic (exact) mass is 468 g/mol. The molecule has 1 fully saturated rings. The van der Waals surface area contributed by atoms with Crippen LogP contribution in [0.2, 0.25) is 0 Å². The van der Waals surface area contributed by atoms with Gasteiger partial charge in [0.2, 0.25) is 0 Å². The SMILES string of the molecule is C/C=C1\C(=C\c2csc3ccccc23)CNC(=S)N1c1ccc(C)cc1.Cc1ccccc1. The highest BCUT2D eigenvalue weighted by molar-refractivity contribution is 7.80. The molecule has 1 aliphatic rings. The summed E-state index contributed by atoms with van der Waals surface area (Å²) in [4.78, 5) is 2.12. The van der Waals surface area contributed by atoms with E-state index in [0.29, 0.717) is 0 Å². The van der Waals surface area contributed by atoms with E-state index in [1.165, 1.54) is 32.3 Å². The predicted molar refractivity (Wildman–Crippen MR) is 149 cm³/mol. The molecule has 3 aromatic carbocycles. The van der Waals surface area contributed by atoms with E-state index in [9.17, 15) is 0 Å². The molecule has 0 aliphatic carbocycles. The normalized spacial score (nSPS) is 16.0. The minimum Gasteiger partial charge on any atom is -0.358 e. The third-order valence-corrected chi connectivity index (χ3v) is 6.86. The Kier molecular flexibility index (Phi) is 7.38. The van der Waals surface area contributed by atoms with Crippen molar-refractivity contribution >= 4 is 50.5 Å². The lowest BCUT2D eigenvalue weighted by atomic mass is 10.0. The van der Waals surface area contributed by atoms with Gasteiger partial charge in [-0.25, -0.2) is 0 Å². The average Bonchev–Trinajstić information content (AvgIpc) is 3.24. The molecule has 33 heavy (non-hydrogen) atoms. The number of allylic oxidation sites excluding steroid dienone is 1. The van der Waals surface area contributed by atoms with Gasteiger partial charge in [0.05, 0.1) is 0 Å². The van der Waals surface area contributed by atoms with Crippen molar-refractivity contribution in [3.8, 4) is 0 Å². The molecule has 166 valence electrons. The lowest BCUT2D eigenvalue weighted by molar-refractivity contribution is 0.925. The first-order valence-electron chi connectivity index (χ1n) is 11.1. The van der Waals surface area contributed by atoms with Crippen LogP contribution in [-0.4, -0.2) is 11.7 Å². The van der Waals surface area contributed by atoms with E-state index in [2.05, 4.69) is 109 Å². The van der Waals surface area contributed by atoms with Crippen LogP contribution in [0.1, 0.15) is 23.6 Å². The third kappa shape index (κ3) is 5.41. The van der Waals surface area contributed by atoms with E-state index in [-0.39, 0.29) is 0 Å². The van der Waals surface area contributed by atoms with Crippen LogP contribution < -0.4 is 10.2 Å². The Morgan fingerprint density at radius 3 is 2.21 bits per heavy atom. The van der Waals surface area contributed by atoms with Gasteiger partial charge in [-0.2, -0.15) is 0 Å². The molecule has 5 rings (SSSR count). The average molecular weight is 469 g/mol. The molecule has 0 radical (unpaired) electrons. The molecule has 2 heterocycles. The summed E-state index contributed by atoms with van der Waals surface area (Å²) in [6, 6.07) is 27.3. The first kappa shape index (κ1) is 23.0. The predicted octanol–water partition coefficient (Wildman–Crippen LogP) is 7.89. The number of thiocarbonyl (C=S) groups is 1. The first-order chi connectivity index (χ1) is 16.1. The van der Waals surface area contributed by atoms with Crippen molar-refractivity contribution in [3.05, 3.63) is 118 Å². The van der Waals surface area contributed by atoms with Gasteiger partial charge in [-0.3, -0.25) is 4.90 Å². The van der Waals surface area contributed by atoms with Crippen LogP contribution in [0.25, 0.3) is 16.2 Å². The zero-order chi connectivity index (χ0) is 23.2. The third-order valence-electron chi connectivity index (χ3n) is 5.55. The number of thiophene rings is 1. The van der Waals surface area contributed by atoms with Crippen molar-refractivity contribution in [2.75, 3.05) is 11.4 Å². The van der Waals surface area contributed by atoms with Crippen molar-refractivity contribution in [3.63, 3.8) is 0 Å². The Hall–Kier alpha value is -3.21. The Labute approximate surface area is 205 Å². The number of hydrogen-bond donors (Lipinski definition) is 1. The summed E-state index contributed by atoms with van der Waals surface area (Å²) < 4.78 is 1.32. The van der Waals surface area contributed by atoms with Gasteiger partial charge in [0, 0.05) is 22.6 Å². The lowest BCUT2D eigenvalue weighted by Crippen LogP contribution is -2.46. The van der Waals surface area contributed by atoms with Gasteiger partial charge in [-0.15, -0.1) is 11.3 Å². The van der Waals surface area contributed by atoms with Gasteiger partial charge in [0.1, 0.15) is 0 Å². The molecule has 0 saturated carbocycles. The number of aryl methyl sites for hydroxylation is 2. The molecule has 0 unspecified atom stereocenters. The number of benzene rings is 3. The Bertz CT molecular complexity index is 1300. The number of hydrogen-bond acceptors (Lipinski definition) is 2. The highest BCUT2D eigenvalue weighted by Gasteiger charge is 2.24. The topological polar surface area (TPSA) is 15.3 Å². The van der Waals surface area contributed by atoms with E-state index in [0.717, 1.165) is 23.0 Å². The van der Waals surface area contributed by atoms with Gasteiger partial charge in [-0.05, 0) is 79.2 Å². The quantitative estimate of drug-likeness (QED) is 0.301. The zero-order valence-corrected chi connectivity index (χ0v) is 20.8. The second-order valence-electron chi connectivity index (χ2n) is 8.02. The van der Waals surface area contributed by atoms with Crippen molar-refractivity contribution in [2.24, 2.45) is 0 Å². The maximum absolute atomic E-state index is 5.61. The van der Waals surface area contributed by atoms with Crippen LogP contribution in [0.4, 0.5) is 5.69 Å². The van der Waals surface area contributed by atoms with Crippen LogP contribution in [0, 0.1) is 13.8 Å². The molecule has 2 nitrogen and oxygen atoms in total. The summed E-state index contributed by atoms with van der Waals surface area (Å²) in [5.74, 6) is 0. The van der Waals surface area contributed by atoms with Gasteiger partial charge < -0.3 is 5.32 Å². The second-order valence-corrected chi connectivity index (χ2v) is 9.31. The molecular formula is C29H28N2S2. The van der Waals surface area contributed by atoms with Crippen molar-refractivity contribution in [1.29, 1.82) is 0 Å². The number of anilines is 1. The van der Waals surface area contributed by atoms with Crippen LogP contribution in [0.15, 0.2) is 102 Å². The highest BCUT2D eigenvalue weighted by atomic mass is 32.1. The van der Waals surface area contributed by atoms with Gasteiger partial charge in [-0.1, -0.05) is 77.9 Å². The van der Waals surface area contributed by atoms with E-state index < -0.39 is 0 Å². The van der Waals surface area contributed by atoms with Crippen LogP contribution >= 0.6 is 23.6 Å². The standard InChI is InChI=1S/C22H20N2S2.C7H8/c1-3-20-16(12-17-14-26-21-7-5-4-6-19(17)21)13-23-22(25)24(20)18-10-8-15(2)9-11-18;1-7-5-3-2-4-6-7/h3-12,14H,13H2,1-2H3,(H,23,25);2-6H,1H3/b16-12+,20-3+;. The molecule has 0 spiro atoms. The molecule has 1 aliphatic heterocycles. The Balaban J connectivity index is 0.000000318. The summed E-state index contributed by atoms with van der Waals surface area (Å²) in [6.07, 6.45) is 4.43. The Morgan fingerprint density at radius 2 is 1.55 bits per heavy atom. The van der Waals surface area contributed by atoms with Crippen molar-refractivity contribution in [2.45, 2.75) is 20.8 Å². The molecular weight excluding hydrogens is 440 g/mol. The fraction of sp³-hybridized carbons (Fsp3) is 0.138. The first-order valence-corrected chi connectivity index (χ1v) is 12.4. The van der Waals surface area contributed by atoms with E-state index >= 15 is 0 Å². The molecule has 0 atom stereocenters. The minimum atomic E-state index is 0.741. The van der Waals surface area contributed by atoms with E-state index in [4.69, 9.17) is 12.2 Å². The molecule has 1 N–H and O–H groups in total. The van der Waals surface area contributed by atoms with Crippen molar-refractivity contribution < 1.29 is 0 Å². The largest absolute Gasteiger partial charge is 0.358 e. The van der Waals surface area contributed by atoms with Crippen LogP contribution in [0.5, 0.6) is 0 Å². The minimum absolute atomic E-state index is 0.741. The second kappa shape index (κ2) is 10.6. The number of nitrogens with one attached hydrogen (secondary N) is 1. The summed E-state index contributed by atoms with van der Waals surface area (Å²) >= 11 is 7.40. The summed E-state index contributed by atoms with van der Waals surface area (Å²) in [7, 11) is 0.